The summed E-state index contributed by atoms with van der Waals surface area (Å²) >= 11 is 0. The first kappa shape index (κ1) is 16.0. The van der Waals surface area contributed by atoms with Gasteiger partial charge in [-0.15, -0.1) is 0 Å². The Labute approximate surface area is 127 Å². The van der Waals surface area contributed by atoms with Gasteiger partial charge < -0.3 is 14.8 Å². The van der Waals surface area contributed by atoms with E-state index in [1.165, 1.54) is 0 Å². The van der Waals surface area contributed by atoms with Gasteiger partial charge in [0, 0.05) is 38.3 Å². The summed E-state index contributed by atoms with van der Waals surface area (Å²) in [5, 5.41) is 3.04. The van der Waals surface area contributed by atoms with Gasteiger partial charge in [-0.25, -0.2) is 4.98 Å². The van der Waals surface area contributed by atoms with Gasteiger partial charge in [0.25, 0.3) is 0 Å². The summed E-state index contributed by atoms with van der Waals surface area (Å²) in [6.45, 7) is 9.21. The second-order valence-electron chi connectivity index (χ2n) is 5.82. The van der Waals surface area contributed by atoms with Gasteiger partial charge >= 0.3 is 0 Å². The molecule has 118 valence electrons. The third-order valence-corrected chi connectivity index (χ3v) is 4.42. The molecule has 0 bridgehead atoms. The number of hydrogen-bond acceptors (Lipinski definition) is 3. The summed E-state index contributed by atoms with van der Waals surface area (Å²) in [6.07, 6.45) is 7.72. The molecule has 1 amide bonds. The molecule has 2 rings (SSSR count). The topological polar surface area (TPSA) is 50.2 Å². The van der Waals surface area contributed by atoms with Crippen molar-refractivity contribution in [1.29, 1.82) is 0 Å². The fraction of sp³-hybridized carbons (Fsp3) is 0.750. The van der Waals surface area contributed by atoms with Crippen LogP contribution in [-0.4, -0.2) is 46.5 Å². The van der Waals surface area contributed by atoms with E-state index in [0.29, 0.717) is 18.9 Å². The third-order valence-electron chi connectivity index (χ3n) is 4.42. The molecule has 0 saturated carbocycles. The second kappa shape index (κ2) is 8.17. The summed E-state index contributed by atoms with van der Waals surface area (Å²) in [5.41, 5.74) is 0. The number of imidazole rings is 1. The highest BCUT2D eigenvalue weighted by Crippen LogP contribution is 2.19. The van der Waals surface area contributed by atoms with E-state index in [1.54, 1.807) is 0 Å². The van der Waals surface area contributed by atoms with Crippen molar-refractivity contribution in [3.8, 4) is 0 Å². The maximum atomic E-state index is 12.0. The Bertz CT molecular complexity index is 435. The molecule has 1 aliphatic rings. The molecule has 1 aromatic heterocycles. The van der Waals surface area contributed by atoms with E-state index in [0.717, 1.165) is 51.3 Å². The number of aryl methyl sites for hydroxylation is 1. The van der Waals surface area contributed by atoms with Crippen LogP contribution in [0.1, 0.15) is 38.9 Å². The second-order valence-corrected chi connectivity index (χ2v) is 5.82. The first-order valence-electron chi connectivity index (χ1n) is 8.22. The maximum Gasteiger partial charge on any atom is 0.220 e. The van der Waals surface area contributed by atoms with Crippen LogP contribution in [0.4, 0.5) is 0 Å². The van der Waals surface area contributed by atoms with Crippen molar-refractivity contribution in [3.63, 3.8) is 0 Å². The number of hydrogen-bond donors (Lipinski definition) is 1. The molecular formula is C16H28N4O. The highest BCUT2D eigenvalue weighted by molar-refractivity contribution is 5.76. The van der Waals surface area contributed by atoms with Crippen molar-refractivity contribution < 1.29 is 4.79 Å². The standard InChI is InChI=1S/C16H28N4O/c1-3-15-17-7-11-20(15)12-8-18-16(21)13-14-5-9-19(4-2)10-6-14/h7,11,14H,3-6,8-10,12-13H2,1-2H3,(H,18,21). The van der Waals surface area contributed by atoms with Gasteiger partial charge in [-0.3, -0.25) is 4.79 Å². The highest BCUT2D eigenvalue weighted by atomic mass is 16.1. The molecule has 5 heteroatoms. The maximum absolute atomic E-state index is 12.0. The summed E-state index contributed by atoms with van der Waals surface area (Å²) in [6, 6.07) is 0. The van der Waals surface area contributed by atoms with Crippen LogP contribution in [-0.2, 0) is 17.8 Å². The van der Waals surface area contributed by atoms with E-state index in [2.05, 4.69) is 33.6 Å². The summed E-state index contributed by atoms with van der Waals surface area (Å²) < 4.78 is 2.11. The van der Waals surface area contributed by atoms with E-state index in [4.69, 9.17) is 0 Å². The number of carbonyl (C=O) groups is 1. The van der Waals surface area contributed by atoms with Crippen molar-refractivity contribution >= 4 is 5.91 Å². The SMILES string of the molecule is CCc1nccn1CCNC(=O)CC1CCN(CC)CC1. The number of amides is 1. The average molecular weight is 292 g/mol. The fourth-order valence-corrected chi connectivity index (χ4v) is 3.01. The lowest BCUT2D eigenvalue weighted by Gasteiger charge is -2.30. The zero-order valence-electron chi connectivity index (χ0n) is 13.3. The number of nitrogens with one attached hydrogen (secondary N) is 1. The van der Waals surface area contributed by atoms with Crippen LogP contribution >= 0.6 is 0 Å². The Hall–Kier alpha value is -1.36. The van der Waals surface area contributed by atoms with E-state index in [9.17, 15) is 4.79 Å². The van der Waals surface area contributed by atoms with E-state index in [1.807, 2.05) is 12.4 Å². The largest absolute Gasteiger partial charge is 0.354 e. The highest BCUT2D eigenvalue weighted by Gasteiger charge is 2.20. The molecule has 1 aromatic rings. The van der Waals surface area contributed by atoms with Gasteiger partial charge in [0.1, 0.15) is 5.82 Å². The lowest BCUT2D eigenvalue weighted by atomic mass is 9.93. The molecule has 0 radical (unpaired) electrons. The van der Waals surface area contributed by atoms with Crippen LogP contribution < -0.4 is 5.32 Å². The normalized spacial score (nSPS) is 17.0. The minimum Gasteiger partial charge on any atom is -0.354 e. The Morgan fingerprint density at radius 3 is 2.81 bits per heavy atom. The Morgan fingerprint density at radius 2 is 2.14 bits per heavy atom. The summed E-state index contributed by atoms with van der Waals surface area (Å²) in [4.78, 5) is 18.7. The molecule has 2 heterocycles. The summed E-state index contributed by atoms with van der Waals surface area (Å²) in [5.74, 6) is 1.84. The predicted molar refractivity (Wildman–Crippen MR) is 84.1 cm³/mol. The van der Waals surface area contributed by atoms with Crippen LogP contribution in [0.2, 0.25) is 0 Å². The predicted octanol–water partition coefficient (Wildman–Crippen LogP) is 1.68. The Kier molecular flexibility index (Phi) is 6.23. The first-order valence-corrected chi connectivity index (χ1v) is 8.22. The van der Waals surface area contributed by atoms with Crippen LogP contribution in [0.15, 0.2) is 12.4 Å². The molecule has 1 N–H and O–H groups in total. The van der Waals surface area contributed by atoms with Crippen molar-refractivity contribution in [2.75, 3.05) is 26.2 Å². The quantitative estimate of drug-likeness (QED) is 0.832. The van der Waals surface area contributed by atoms with Gasteiger partial charge in [0.05, 0.1) is 0 Å². The van der Waals surface area contributed by atoms with Crippen LogP contribution in [0, 0.1) is 5.92 Å². The molecule has 0 atom stereocenters. The van der Waals surface area contributed by atoms with Crippen molar-refractivity contribution in [2.45, 2.75) is 46.1 Å². The number of likely N-dealkylation sites (tertiary alicyclic amines) is 1. The van der Waals surface area contributed by atoms with E-state index < -0.39 is 0 Å². The average Bonchev–Trinajstić information content (AvgIpc) is 2.95. The van der Waals surface area contributed by atoms with E-state index in [-0.39, 0.29) is 5.91 Å². The molecule has 21 heavy (non-hydrogen) atoms. The zero-order chi connectivity index (χ0) is 15.1. The molecule has 0 aliphatic carbocycles. The van der Waals surface area contributed by atoms with Crippen molar-refractivity contribution in [1.82, 2.24) is 19.8 Å². The molecule has 0 unspecified atom stereocenters. The Morgan fingerprint density at radius 1 is 1.38 bits per heavy atom. The first-order chi connectivity index (χ1) is 10.2. The molecule has 1 fully saturated rings. The van der Waals surface area contributed by atoms with Gasteiger partial charge in [-0.1, -0.05) is 13.8 Å². The van der Waals surface area contributed by atoms with Crippen molar-refractivity contribution in [3.05, 3.63) is 18.2 Å². The molecule has 0 aromatic carbocycles. The molecular weight excluding hydrogens is 264 g/mol. The zero-order valence-corrected chi connectivity index (χ0v) is 13.3. The number of rotatable bonds is 7. The Balaban J connectivity index is 1.64. The fourth-order valence-electron chi connectivity index (χ4n) is 3.01. The van der Waals surface area contributed by atoms with Gasteiger partial charge in [0.2, 0.25) is 5.91 Å². The molecule has 1 aliphatic heterocycles. The molecule has 0 spiro atoms. The van der Waals surface area contributed by atoms with Crippen LogP contribution in [0.3, 0.4) is 0 Å². The van der Waals surface area contributed by atoms with Crippen molar-refractivity contribution in [2.24, 2.45) is 5.92 Å². The molecule has 1 saturated heterocycles. The monoisotopic (exact) mass is 292 g/mol. The molecule has 5 nitrogen and oxygen atoms in total. The minimum absolute atomic E-state index is 0.197. The van der Waals surface area contributed by atoms with Crippen LogP contribution in [0.5, 0.6) is 0 Å². The minimum atomic E-state index is 0.197. The smallest absolute Gasteiger partial charge is 0.220 e. The lowest BCUT2D eigenvalue weighted by molar-refractivity contribution is -0.122. The number of nitrogens with zero attached hydrogens (tertiary/aromatic N) is 3. The number of carbonyl (C=O) groups excluding carboxylic acids is 1. The summed E-state index contributed by atoms with van der Waals surface area (Å²) in [7, 11) is 0. The van der Waals surface area contributed by atoms with Gasteiger partial charge in [-0.05, 0) is 38.4 Å². The number of aromatic nitrogens is 2. The van der Waals surface area contributed by atoms with Gasteiger partial charge in [0.15, 0.2) is 0 Å². The number of piperidine rings is 1. The van der Waals surface area contributed by atoms with Gasteiger partial charge in [-0.2, -0.15) is 0 Å². The van der Waals surface area contributed by atoms with E-state index >= 15 is 0 Å². The van der Waals surface area contributed by atoms with Crippen LogP contribution in [0.25, 0.3) is 0 Å². The third kappa shape index (κ3) is 4.84. The lowest BCUT2D eigenvalue weighted by Crippen LogP contribution is -2.36.